The second-order valence-electron chi connectivity index (χ2n) is 19.8. The molecule has 13 nitrogen and oxygen atoms in total. The van der Waals surface area contributed by atoms with E-state index in [-0.39, 0.29) is 0 Å². The van der Waals surface area contributed by atoms with Gasteiger partial charge in [-0.25, -0.2) is 4.98 Å². The molecule has 2 heterocycles. The van der Waals surface area contributed by atoms with E-state index < -0.39 is 5.41 Å². The van der Waals surface area contributed by atoms with Gasteiger partial charge in [-0.1, -0.05) is 109 Å². The van der Waals surface area contributed by atoms with Gasteiger partial charge in [-0.05, 0) is 109 Å². The van der Waals surface area contributed by atoms with Gasteiger partial charge in [0.1, 0.15) is 29.7 Å². The Bertz CT molecular complexity index is 2950. The number of para-hydroxylation sites is 3. The summed E-state index contributed by atoms with van der Waals surface area (Å²) < 4.78 is 43.3. The van der Waals surface area contributed by atoms with Crippen molar-refractivity contribution in [2.45, 2.75) is 45.2 Å². The van der Waals surface area contributed by atoms with Gasteiger partial charge in [0.05, 0.1) is 49.9 Å². The molecule has 0 atom stereocenters. The molecular weight excluding hydrogens is 1040 g/mol. The SMILES string of the molecule is CCOCCOCCC1(CCOCCOCC)c2cc(/C=C/c3ccc(-c4nc5ccccc5s4)cc3)ccc2-c2ccc(NC(=S)NCCN3CCNCc4ccccc4OCCOCCOc4ccccc4CNCC3)cc21. The third-order valence-electron chi connectivity index (χ3n) is 14.5. The number of hydrogen-bond acceptors (Lipinski definition) is 13. The molecule has 0 spiro atoms. The maximum Gasteiger partial charge on any atom is 0.170 e. The maximum absolute atomic E-state index is 6.32. The van der Waals surface area contributed by atoms with Crippen LogP contribution in [0.1, 0.15) is 60.1 Å². The van der Waals surface area contributed by atoms with E-state index >= 15 is 0 Å². The van der Waals surface area contributed by atoms with E-state index in [0.29, 0.717) is 104 Å². The number of nitrogens with one attached hydrogen (secondary N) is 4. The molecule has 0 radical (unpaired) electrons. The molecule has 6 aromatic carbocycles. The summed E-state index contributed by atoms with van der Waals surface area (Å²) >= 11 is 7.77. The number of thiazole rings is 1. The first-order chi connectivity index (χ1) is 39.5. The van der Waals surface area contributed by atoms with Crippen molar-refractivity contribution in [2.75, 3.05) is 124 Å². The summed E-state index contributed by atoms with van der Waals surface area (Å²) in [5, 5.41) is 16.1. The molecule has 9 rings (SSSR count). The second-order valence-corrected chi connectivity index (χ2v) is 21.2. The van der Waals surface area contributed by atoms with Gasteiger partial charge in [0, 0.05) is 107 Å². The van der Waals surface area contributed by atoms with Crippen LogP contribution in [0.4, 0.5) is 5.69 Å². The standard InChI is InChI=1S/C65H78N6O7S2/c1-3-72-37-39-74-35-27-65(28-36-75-40-38-73-4-2)57-45-50(18-17-49-19-22-51(23-20-49)63-70-59-13-7-10-16-62(59)80-63)21-25-55(57)56-26-24-54(46-58(56)65)69-64(79)68-31-34-71-32-29-66-47-52-11-5-8-14-60(52)77-43-41-76-42-44-78-61-15-9-6-12-53(61)48-67-30-33-71/h5-26,45-46,66-67H,3-4,27-44,47-48H2,1-2H3,(H2,68,69,79)/b18-17+. The molecule has 80 heavy (non-hydrogen) atoms. The molecule has 0 unspecified atom stereocenters. The Morgan fingerprint density at radius 1 is 0.650 bits per heavy atom. The van der Waals surface area contributed by atoms with Crippen LogP contribution in [-0.2, 0) is 42.2 Å². The summed E-state index contributed by atoms with van der Waals surface area (Å²) in [6.45, 7) is 16.8. The average Bonchev–Trinajstić information content (AvgIpc) is 4.27. The lowest BCUT2D eigenvalue weighted by molar-refractivity contribution is 0.0356. The number of thiocarbonyl (C=S) groups is 1. The molecule has 1 aliphatic heterocycles. The molecule has 0 bridgehead atoms. The minimum absolute atomic E-state index is 0.409. The number of ether oxygens (including phenoxy) is 7. The van der Waals surface area contributed by atoms with Crippen LogP contribution in [0.25, 0.3) is 44.1 Å². The number of rotatable bonds is 21. The van der Waals surface area contributed by atoms with E-state index in [0.717, 1.165) is 101 Å². The van der Waals surface area contributed by atoms with Crippen molar-refractivity contribution in [1.29, 1.82) is 0 Å². The van der Waals surface area contributed by atoms with E-state index in [9.17, 15) is 0 Å². The Balaban J connectivity index is 0.891. The van der Waals surface area contributed by atoms with Crippen LogP contribution in [0.3, 0.4) is 0 Å². The van der Waals surface area contributed by atoms with Crippen LogP contribution in [0.15, 0.2) is 133 Å². The van der Waals surface area contributed by atoms with Gasteiger partial charge in [-0.2, -0.15) is 0 Å². The number of benzene rings is 6. The zero-order chi connectivity index (χ0) is 55.0. The molecule has 15 heteroatoms. The number of hydrogen-bond donors (Lipinski definition) is 4. The molecular formula is C65H78N6O7S2. The highest BCUT2D eigenvalue weighted by Crippen LogP contribution is 2.54. The highest BCUT2D eigenvalue weighted by atomic mass is 32.1. The quantitative estimate of drug-likeness (QED) is 0.0310. The summed E-state index contributed by atoms with van der Waals surface area (Å²) in [5.41, 5.74) is 12.1. The topological polar surface area (TPSA) is 129 Å². The maximum atomic E-state index is 6.32. The molecule has 0 fully saturated rings. The van der Waals surface area contributed by atoms with Crippen LogP contribution in [-0.4, -0.2) is 134 Å². The van der Waals surface area contributed by atoms with E-state index in [4.69, 9.17) is 50.4 Å². The Hall–Kier alpha value is -6.08. The smallest absolute Gasteiger partial charge is 0.170 e. The van der Waals surface area contributed by atoms with Gasteiger partial charge >= 0.3 is 0 Å². The number of fused-ring (bicyclic) bond motifs is 6. The average molecular weight is 1120 g/mol. The third kappa shape index (κ3) is 16.5. The van der Waals surface area contributed by atoms with Crippen molar-refractivity contribution in [3.63, 3.8) is 0 Å². The zero-order valence-electron chi connectivity index (χ0n) is 46.5. The van der Waals surface area contributed by atoms with E-state index in [1.807, 2.05) is 44.2 Å². The predicted molar refractivity (Wildman–Crippen MR) is 329 cm³/mol. The second kappa shape index (κ2) is 31.2. The fourth-order valence-corrected chi connectivity index (χ4v) is 11.6. The van der Waals surface area contributed by atoms with Gasteiger partial charge in [-0.3, -0.25) is 4.90 Å². The van der Waals surface area contributed by atoms with Crippen LogP contribution in [0.2, 0.25) is 0 Å². The minimum atomic E-state index is -0.409. The highest BCUT2D eigenvalue weighted by Gasteiger charge is 2.43. The Morgan fingerprint density at radius 3 is 1.88 bits per heavy atom. The molecule has 2 aliphatic rings. The Morgan fingerprint density at radius 2 is 1.23 bits per heavy atom. The van der Waals surface area contributed by atoms with Gasteiger partial charge in [0.2, 0.25) is 0 Å². The molecule has 1 aromatic heterocycles. The molecule has 4 N–H and O–H groups in total. The highest BCUT2D eigenvalue weighted by molar-refractivity contribution is 7.80. The molecule has 0 saturated carbocycles. The van der Waals surface area contributed by atoms with Crippen molar-refractivity contribution in [3.05, 3.63) is 167 Å². The summed E-state index contributed by atoms with van der Waals surface area (Å²) in [6.07, 6.45) is 5.93. The van der Waals surface area contributed by atoms with Crippen LogP contribution in [0, 0.1) is 0 Å². The van der Waals surface area contributed by atoms with Crippen LogP contribution in [0.5, 0.6) is 11.5 Å². The molecule has 0 amide bonds. The lowest BCUT2D eigenvalue weighted by atomic mass is 9.72. The minimum Gasteiger partial charge on any atom is -0.491 e. The van der Waals surface area contributed by atoms with Crippen molar-refractivity contribution < 1.29 is 33.2 Å². The van der Waals surface area contributed by atoms with E-state index in [2.05, 4.69) is 141 Å². The Kier molecular flexibility index (Phi) is 22.9. The van der Waals surface area contributed by atoms with Crippen LogP contribution >= 0.6 is 23.6 Å². The van der Waals surface area contributed by atoms with Crippen molar-refractivity contribution in [1.82, 2.24) is 25.8 Å². The molecule has 0 saturated heterocycles. The fourth-order valence-electron chi connectivity index (χ4n) is 10.4. The van der Waals surface area contributed by atoms with Gasteiger partial charge in [0.25, 0.3) is 0 Å². The first-order valence-corrected chi connectivity index (χ1v) is 29.6. The summed E-state index contributed by atoms with van der Waals surface area (Å²) in [4.78, 5) is 7.35. The third-order valence-corrected chi connectivity index (χ3v) is 15.9. The number of nitrogens with zero attached hydrogens (tertiary/aromatic N) is 2. The fraction of sp³-hybridized carbons (Fsp3) is 0.385. The number of aromatic nitrogens is 1. The van der Waals surface area contributed by atoms with E-state index in [1.54, 1.807) is 11.3 Å². The lowest BCUT2D eigenvalue weighted by Gasteiger charge is -2.33. The van der Waals surface area contributed by atoms with Crippen LogP contribution < -0.4 is 30.7 Å². The summed E-state index contributed by atoms with van der Waals surface area (Å²) in [6, 6.07) is 46.9. The molecule has 1 aliphatic carbocycles. The summed E-state index contributed by atoms with van der Waals surface area (Å²) in [7, 11) is 0. The van der Waals surface area contributed by atoms with Crippen molar-refractivity contribution >= 4 is 56.7 Å². The first-order valence-electron chi connectivity index (χ1n) is 28.4. The molecule has 422 valence electrons. The predicted octanol–water partition coefficient (Wildman–Crippen LogP) is 11.2. The van der Waals surface area contributed by atoms with Gasteiger partial charge in [-0.15, -0.1) is 11.3 Å². The monoisotopic (exact) mass is 1120 g/mol. The first kappa shape index (κ1) is 58.6. The Labute approximate surface area is 482 Å². The van der Waals surface area contributed by atoms with Crippen molar-refractivity contribution in [2.24, 2.45) is 0 Å². The van der Waals surface area contributed by atoms with Gasteiger partial charge in [0.15, 0.2) is 5.11 Å². The normalized spacial score (nSPS) is 15.3. The van der Waals surface area contributed by atoms with E-state index in [1.165, 1.54) is 27.0 Å². The molecule has 7 aromatic rings. The zero-order valence-corrected chi connectivity index (χ0v) is 48.1. The number of anilines is 1. The largest absolute Gasteiger partial charge is 0.491 e. The van der Waals surface area contributed by atoms with Crippen molar-refractivity contribution in [3.8, 4) is 33.2 Å². The lowest BCUT2D eigenvalue weighted by Crippen LogP contribution is -2.42. The summed E-state index contributed by atoms with van der Waals surface area (Å²) in [5.74, 6) is 1.74. The van der Waals surface area contributed by atoms with Gasteiger partial charge < -0.3 is 54.4 Å².